The monoisotopic (exact) mass is 391 g/mol. The molecule has 4 aromatic rings. The van der Waals surface area contributed by atoms with Crippen molar-refractivity contribution in [3.8, 4) is 22.9 Å². The molecule has 0 spiro atoms. The summed E-state index contributed by atoms with van der Waals surface area (Å²) in [6, 6.07) is 19.3. The van der Waals surface area contributed by atoms with Gasteiger partial charge in [-0.2, -0.15) is 5.10 Å². The average molecular weight is 392 g/mol. The average Bonchev–Trinajstić information content (AvgIpc) is 3.02. The van der Waals surface area contributed by atoms with Crippen LogP contribution in [0.5, 0.6) is 11.5 Å². The van der Waals surface area contributed by atoms with Gasteiger partial charge >= 0.3 is 0 Å². The lowest BCUT2D eigenvalue weighted by Gasteiger charge is -2.08. The molecule has 0 aliphatic heterocycles. The predicted molar refractivity (Wildman–Crippen MR) is 109 cm³/mol. The van der Waals surface area contributed by atoms with Crippen LogP contribution in [-0.4, -0.2) is 19.7 Å². The van der Waals surface area contributed by atoms with Gasteiger partial charge in [0.05, 0.1) is 5.69 Å². The van der Waals surface area contributed by atoms with Crippen molar-refractivity contribution in [3.05, 3.63) is 83.1 Å². The van der Waals surface area contributed by atoms with E-state index in [-0.39, 0.29) is 11.1 Å². The van der Waals surface area contributed by atoms with Crippen LogP contribution in [-0.2, 0) is 13.5 Å². The van der Waals surface area contributed by atoms with Gasteiger partial charge in [0.25, 0.3) is 0 Å². The summed E-state index contributed by atoms with van der Waals surface area (Å²) in [4.78, 5) is 8.19. The topological polar surface area (TPSA) is 78.9 Å². The molecule has 6 nitrogen and oxygen atoms in total. The van der Waals surface area contributed by atoms with E-state index >= 15 is 0 Å². The third-order valence-corrected chi connectivity index (χ3v) is 4.32. The molecule has 4 rings (SSSR count). The SMILES string of the molecule is Cn1cc(Cc2cccc(Oc3ccccc3)c2)c(-c2cc(Cl)nc(N)n2)n1. The smallest absolute Gasteiger partial charge is 0.222 e. The molecule has 0 aliphatic rings. The first-order valence-electron chi connectivity index (χ1n) is 8.71. The van der Waals surface area contributed by atoms with Gasteiger partial charge in [0.15, 0.2) is 0 Å². The molecule has 0 radical (unpaired) electrons. The number of halogens is 1. The third-order valence-electron chi connectivity index (χ3n) is 4.13. The lowest BCUT2D eigenvalue weighted by atomic mass is 10.0. The van der Waals surface area contributed by atoms with E-state index in [4.69, 9.17) is 22.1 Å². The number of benzene rings is 2. The van der Waals surface area contributed by atoms with Crippen molar-refractivity contribution in [1.29, 1.82) is 0 Å². The van der Waals surface area contributed by atoms with Crippen LogP contribution in [0, 0.1) is 0 Å². The van der Waals surface area contributed by atoms with E-state index in [1.807, 2.05) is 61.8 Å². The highest BCUT2D eigenvalue weighted by Crippen LogP contribution is 2.27. The Labute approximate surface area is 167 Å². The van der Waals surface area contributed by atoms with Crippen molar-refractivity contribution in [2.24, 2.45) is 7.05 Å². The minimum Gasteiger partial charge on any atom is -0.457 e. The number of nitrogens with zero attached hydrogens (tertiary/aromatic N) is 4. The Morgan fingerprint density at radius 2 is 1.79 bits per heavy atom. The molecule has 0 amide bonds. The third kappa shape index (κ3) is 4.13. The van der Waals surface area contributed by atoms with Crippen LogP contribution in [0.3, 0.4) is 0 Å². The second kappa shape index (κ2) is 7.70. The quantitative estimate of drug-likeness (QED) is 0.507. The Balaban J connectivity index is 1.62. The highest BCUT2D eigenvalue weighted by atomic mass is 35.5. The van der Waals surface area contributed by atoms with Crippen LogP contribution in [0.25, 0.3) is 11.4 Å². The number of ether oxygens (including phenoxy) is 1. The van der Waals surface area contributed by atoms with E-state index < -0.39 is 0 Å². The van der Waals surface area contributed by atoms with Crippen LogP contribution in [0.15, 0.2) is 66.9 Å². The Hall–Kier alpha value is -3.38. The fraction of sp³-hybridized carbons (Fsp3) is 0.0952. The van der Waals surface area contributed by atoms with Crippen LogP contribution < -0.4 is 10.5 Å². The van der Waals surface area contributed by atoms with Crippen molar-refractivity contribution >= 4 is 17.5 Å². The van der Waals surface area contributed by atoms with Crippen LogP contribution in [0.1, 0.15) is 11.1 Å². The molecule has 0 atom stereocenters. The molecular formula is C21H18ClN5O. The fourth-order valence-electron chi connectivity index (χ4n) is 3.00. The maximum Gasteiger partial charge on any atom is 0.222 e. The van der Waals surface area contributed by atoms with Crippen molar-refractivity contribution < 1.29 is 4.74 Å². The number of nitrogens with two attached hydrogens (primary N) is 1. The van der Waals surface area contributed by atoms with Gasteiger partial charge in [-0.25, -0.2) is 9.97 Å². The summed E-state index contributed by atoms with van der Waals surface area (Å²) < 4.78 is 7.68. The number of anilines is 1. The summed E-state index contributed by atoms with van der Waals surface area (Å²) in [6.45, 7) is 0. The number of aryl methyl sites for hydroxylation is 1. The number of para-hydroxylation sites is 1. The molecule has 7 heteroatoms. The summed E-state index contributed by atoms with van der Waals surface area (Å²) in [5, 5.41) is 4.82. The summed E-state index contributed by atoms with van der Waals surface area (Å²) in [7, 11) is 1.87. The highest BCUT2D eigenvalue weighted by molar-refractivity contribution is 6.29. The number of hydrogen-bond donors (Lipinski definition) is 1. The number of hydrogen-bond acceptors (Lipinski definition) is 5. The molecule has 0 unspecified atom stereocenters. The molecule has 2 N–H and O–H groups in total. The molecule has 2 aromatic heterocycles. The van der Waals surface area contributed by atoms with Gasteiger partial charge in [-0.3, -0.25) is 4.68 Å². The van der Waals surface area contributed by atoms with Crippen LogP contribution in [0.4, 0.5) is 5.95 Å². The van der Waals surface area contributed by atoms with Gasteiger partial charge in [-0.1, -0.05) is 41.9 Å². The predicted octanol–water partition coefficient (Wildman–Crippen LogP) is 4.50. The van der Waals surface area contributed by atoms with Gasteiger partial charge in [0.1, 0.15) is 22.3 Å². The Morgan fingerprint density at radius 1 is 1.00 bits per heavy atom. The zero-order valence-electron chi connectivity index (χ0n) is 15.2. The first kappa shape index (κ1) is 18.0. The highest BCUT2D eigenvalue weighted by Gasteiger charge is 2.14. The number of rotatable bonds is 5. The van der Waals surface area contributed by atoms with Gasteiger partial charge < -0.3 is 10.5 Å². The second-order valence-corrected chi connectivity index (χ2v) is 6.74. The second-order valence-electron chi connectivity index (χ2n) is 6.35. The van der Waals surface area contributed by atoms with Crippen molar-refractivity contribution in [2.45, 2.75) is 6.42 Å². The lowest BCUT2D eigenvalue weighted by molar-refractivity contribution is 0.482. The maximum absolute atomic E-state index is 6.03. The summed E-state index contributed by atoms with van der Waals surface area (Å²) in [5.41, 5.74) is 9.17. The largest absolute Gasteiger partial charge is 0.457 e. The molecule has 0 bridgehead atoms. The van der Waals surface area contributed by atoms with E-state index in [1.54, 1.807) is 10.7 Å². The minimum absolute atomic E-state index is 0.123. The van der Waals surface area contributed by atoms with Gasteiger partial charge in [-0.15, -0.1) is 0 Å². The normalized spacial score (nSPS) is 10.8. The zero-order chi connectivity index (χ0) is 19.5. The molecule has 0 saturated carbocycles. The van der Waals surface area contributed by atoms with Crippen molar-refractivity contribution in [1.82, 2.24) is 19.7 Å². The Kier molecular flexibility index (Phi) is 4.95. The van der Waals surface area contributed by atoms with E-state index in [2.05, 4.69) is 21.1 Å². The van der Waals surface area contributed by atoms with Crippen LogP contribution in [0.2, 0.25) is 5.15 Å². The van der Waals surface area contributed by atoms with Gasteiger partial charge in [0.2, 0.25) is 5.95 Å². The molecule has 2 aromatic carbocycles. The Morgan fingerprint density at radius 3 is 2.57 bits per heavy atom. The Bertz CT molecular complexity index is 1090. The summed E-state index contributed by atoms with van der Waals surface area (Å²) in [5.74, 6) is 1.70. The van der Waals surface area contributed by atoms with Gasteiger partial charge in [0, 0.05) is 31.3 Å². The first-order chi connectivity index (χ1) is 13.6. The molecule has 28 heavy (non-hydrogen) atoms. The van der Waals surface area contributed by atoms with Crippen molar-refractivity contribution in [2.75, 3.05) is 5.73 Å². The maximum atomic E-state index is 6.03. The van der Waals surface area contributed by atoms with E-state index in [0.717, 1.165) is 28.3 Å². The van der Waals surface area contributed by atoms with Gasteiger partial charge in [-0.05, 0) is 29.8 Å². The summed E-state index contributed by atoms with van der Waals surface area (Å²) in [6.07, 6.45) is 2.63. The molecule has 0 fully saturated rings. The van der Waals surface area contributed by atoms with Crippen LogP contribution >= 0.6 is 11.6 Å². The lowest BCUT2D eigenvalue weighted by Crippen LogP contribution is -1.99. The zero-order valence-corrected chi connectivity index (χ0v) is 16.0. The molecule has 0 aliphatic carbocycles. The first-order valence-corrected chi connectivity index (χ1v) is 9.09. The van der Waals surface area contributed by atoms with Crippen molar-refractivity contribution in [3.63, 3.8) is 0 Å². The van der Waals surface area contributed by atoms with E-state index in [0.29, 0.717) is 12.1 Å². The molecule has 140 valence electrons. The van der Waals surface area contributed by atoms with E-state index in [1.165, 1.54) is 0 Å². The van der Waals surface area contributed by atoms with E-state index in [9.17, 15) is 0 Å². The standard InChI is InChI=1S/C21H18ClN5O/c1-27-13-15(20(26-27)18-12-19(22)25-21(23)24-18)10-14-6-5-9-17(11-14)28-16-7-3-2-4-8-16/h2-9,11-13H,10H2,1H3,(H2,23,24,25). The molecular weight excluding hydrogens is 374 g/mol. The molecule has 2 heterocycles. The fourth-order valence-corrected chi connectivity index (χ4v) is 3.19. The number of nitrogen functional groups attached to an aromatic ring is 1. The molecule has 0 saturated heterocycles. The minimum atomic E-state index is 0.123. The number of aromatic nitrogens is 4. The summed E-state index contributed by atoms with van der Waals surface area (Å²) >= 11 is 6.03.